The van der Waals surface area contributed by atoms with Crippen molar-refractivity contribution in [1.82, 2.24) is 15.2 Å². The molecule has 5 N–H and O–H groups in total. The average Bonchev–Trinajstić information content (AvgIpc) is 3.34. The van der Waals surface area contributed by atoms with Crippen molar-refractivity contribution in [2.45, 2.75) is 22.9 Å². The zero-order chi connectivity index (χ0) is 28.8. The number of carboxylic acids is 1. The van der Waals surface area contributed by atoms with Crippen LogP contribution in [0.1, 0.15) is 5.69 Å². The highest BCUT2D eigenvalue weighted by molar-refractivity contribution is 8.00. The first kappa shape index (κ1) is 27.5. The summed E-state index contributed by atoms with van der Waals surface area (Å²) in [6.45, 7) is 0.101. The molecule has 2 aliphatic rings. The molecule has 0 aliphatic carbocycles. The van der Waals surface area contributed by atoms with Gasteiger partial charge in [-0.2, -0.15) is 8.42 Å². The third kappa shape index (κ3) is 4.99. The Balaban J connectivity index is 1.38. The maximum absolute atomic E-state index is 13.1. The van der Waals surface area contributed by atoms with Crippen molar-refractivity contribution < 1.29 is 41.9 Å². The highest BCUT2D eigenvalue weighted by atomic mass is 32.2. The number of carboxylic acid groups (broad SMARTS) is 1. The summed E-state index contributed by atoms with van der Waals surface area (Å²) in [7, 11) is -3.18. The van der Waals surface area contributed by atoms with Crippen LogP contribution in [0.25, 0.3) is 10.8 Å². The van der Waals surface area contributed by atoms with Crippen molar-refractivity contribution in [1.29, 1.82) is 0 Å². The van der Waals surface area contributed by atoms with Crippen LogP contribution >= 0.6 is 23.1 Å². The molecule has 1 saturated heterocycles. The first-order valence-electron chi connectivity index (χ1n) is 11.4. The van der Waals surface area contributed by atoms with Crippen molar-refractivity contribution >= 4 is 72.6 Å². The number of hydrogen-bond acceptors (Lipinski definition) is 11. The van der Waals surface area contributed by atoms with E-state index >= 15 is 0 Å². The van der Waals surface area contributed by atoms with E-state index in [1.54, 1.807) is 23.0 Å². The van der Waals surface area contributed by atoms with Crippen molar-refractivity contribution in [3.63, 3.8) is 0 Å². The Labute approximate surface area is 234 Å². The lowest BCUT2D eigenvalue weighted by Crippen LogP contribution is -2.71. The van der Waals surface area contributed by atoms with Crippen LogP contribution in [-0.4, -0.2) is 75.7 Å². The molecule has 4 heterocycles. The van der Waals surface area contributed by atoms with Crippen molar-refractivity contribution in [3.05, 3.63) is 59.0 Å². The molecule has 208 valence electrons. The molecule has 0 spiro atoms. The van der Waals surface area contributed by atoms with Crippen LogP contribution in [0.3, 0.4) is 0 Å². The number of hydrogen-bond donors (Lipinski definition) is 4. The van der Waals surface area contributed by atoms with Crippen LogP contribution in [-0.2, 0) is 35.9 Å². The minimum absolute atomic E-state index is 0.101. The number of nitrogens with zero attached hydrogens (tertiary/aromatic N) is 4. The second-order valence-corrected chi connectivity index (χ2v) is 12.0. The number of amides is 2. The maximum atomic E-state index is 13.1. The van der Waals surface area contributed by atoms with Gasteiger partial charge in [-0.05, 0) is 12.1 Å². The zero-order valence-corrected chi connectivity index (χ0v) is 23.0. The number of aliphatic carboxylic acids is 1. The van der Waals surface area contributed by atoms with E-state index in [1.807, 2.05) is 0 Å². The highest BCUT2D eigenvalue weighted by Gasteiger charge is 2.54. The summed E-state index contributed by atoms with van der Waals surface area (Å²) in [5, 5.41) is 18.2. The lowest BCUT2D eigenvalue weighted by molar-refractivity contribution is -0.687. The second-order valence-electron chi connectivity index (χ2n) is 8.66. The summed E-state index contributed by atoms with van der Waals surface area (Å²) in [5.74, 6) is -2.38. The van der Waals surface area contributed by atoms with Gasteiger partial charge in [0.15, 0.2) is 29.8 Å². The number of pyridine rings is 1. The molecular formula is C23H21N6O8S3+. The predicted molar refractivity (Wildman–Crippen MR) is 144 cm³/mol. The van der Waals surface area contributed by atoms with Gasteiger partial charge in [0.2, 0.25) is 0 Å². The van der Waals surface area contributed by atoms with Crippen LogP contribution in [0.5, 0.6) is 0 Å². The summed E-state index contributed by atoms with van der Waals surface area (Å²) in [6, 6.07) is 4.93. The van der Waals surface area contributed by atoms with Gasteiger partial charge in [-0.25, -0.2) is 14.3 Å². The molecule has 0 radical (unpaired) electrons. The second kappa shape index (κ2) is 10.5. The summed E-state index contributed by atoms with van der Waals surface area (Å²) < 4.78 is 34.5. The first-order chi connectivity index (χ1) is 19.0. The van der Waals surface area contributed by atoms with Gasteiger partial charge in [-0.1, -0.05) is 11.2 Å². The van der Waals surface area contributed by atoms with E-state index < -0.39 is 39.3 Å². The molecule has 2 amide bonds. The van der Waals surface area contributed by atoms with E-state index in [9.17, 15) is 32.5 Å². The number of aromatic nitrogens is 2. The molecule has 5 rings (SSSR count). The van der Waals surface area contributed by atoms with E-state index in [1.165, 1.54) is 42.5 Å². The number of nitrogens with two attached hydrogens (primary N) is 1. The van der Waals surface area contributed by atoms with Crippen LogP contribution in [0.4, 0.5) is 5.13 Å². The largest absolute Gasteiger partial charge is 0.477 e. The lowest BCUT2D eigenvalue weighted by Gasteiger charge is -2.49. The van der Waals surface area contributed by atoms with Crippen LogP contribution in [0.15, 0.2) is 63.4 Å². The number of benzene rings is 1. The Bertz CT molecular complexity index is 1730. The van der Waals surface area contributed by atoms with Crippen molar-refractivity contribution in [2.75, 3.05) is 18.6 Å². The van der Waals surface area contributed by atoms with Gasteiger partial charge in [0.25, 0.3) is 21.9 Å². The molecule has 2 aromatic heterocycles. The summed E-state index contributed by atoms with van der Waals surface area (Å²) in [5.41, 5.74) is 5.90. The molecule has 1 aromatic carbocycles. The normalized spacial score (nSPS) is 19.3. The zero-order valence-electron chi connectivity index (χ0n) is 20.5. The smallest absolute Gasteiger partial charge is 0.352 e. The van der Waals surface area contributed by atoms with Crippen LogP contribution in [0.2, 0.25) is 0 Å². The Hall–Kier alpha value is -4.06. The third-order valence-electron chi connectivity index (χ3n) is 6.19. The number of carbonyl (C=O) groups is 3. The molecule has 3 aromatic rings. The number of β-lactam (4-membered cyclic amide) rings is 1. The number of oxime groups is 1. The van der Waals surface area contributed by atoms with Crippen molar-refractivity contribution in [3.8, 4) is 0 Å². The quantitative estimate of drug-likeness (QED) is 0.0897. The molecule has 0 saturated carbocycles. The Morgan fingerprint density at radius 3 is 2.77 bits per heavy atom. The minimum Gasteiger partial charge on any atom is -0.477 e. The van der Waals surface area contributed by atoms with Gasteiger partial charge in [-0.3, -0.25) is 19.0 Å². The Morgan fingerprint density at radius 1 is 1.35 bits per heavy atom. The number of fused-ring (bicyclic) bond motifs is 2. The molecule has 2 aliphatic heterocycles. The predicted octanol–water partition coefficient (Wildman–Crippen LogP) is 0.202. The van der Waals surface area contributed by atoms with E-state index in [-0.39, 0.29) is 39.4 Å². The number of anilines is 1. The third-order valence-corrected chi connectivity index (χ3v) is 9.11. The van der Waals surface area contributed by atoms with Crippen molar-refractivity contribution in [2.24, 2.45) is 5.16 Å². The van der Waals surface area contributed by atoms with Gasteiger partial charge in [-0.15, -0.1) is 23.1 Å². The fourth-order valence-electron chi connectivity index (χ4n) is 4.49. The number of rotatable bonds is 8. The lowest BCUT2D eigenvalue weighted by atomic mass is 10.0. The number of nitrogen functional groups attached to an aromatic ring is 1. The van der Waals surface area contributed by atoms with Crippen LogP contribution in [0, 0.1) is 0 Å². The van der Waals surface area contributed by atoms with E-state index in [0.717, 1.165) is 16.2 Å². The molecule has 0 bridgehead atoms. The topological polar surface area (TPSA) is 205 Å². The molecule has 17 heteroatoms. The van der Waals surface area contributed by atoms with Gasteiger partial charge in [0, 0.05) is 33.5 Å². The van der Waals surface area contributed by atoms with Gasteiger partial charge in [0.05, 0.1) is 0 Å². The summed E-state index contributed by atoms with van der Waals surface area (Å²) >= 11 is 2.39. The standard InChI is InChI=1S/C23H20N6O8S3/c1-37-27-16(14-10-39-23(24)25-14)19(30)26-17-20(31)29-18(22(32)33)12(9-38-21(17)29)8-28-6-5-13-11(7-28)3-2-4-15(13)40(34,35)36/h2-7,10,17,21H,8-9H2,1H3,(H4-,24,25,26,30,32,33,34,35,36)/p+1/b27-16-/t17-,21-/m1/s1. The fourth-order valence-corrected chi connectivity index (χ4v) is 7.09. The van der Waals surface area contributed by atoms with Crippen LogP contribution < -0.4 is 15.6 Å². The maximum Gasteiger partial charge on any atom is 0.352 e. The number of thiazole rings is 1. The molecule has 2 atom stereocenters. The SMILES string of the molecule is CO/N=C(\C(=O)N[C@@H]1C(=O)N2C(C(=O)O)=C(C[n+]3ccc4c(S(=O)(=O)O)cccc4c3)CS[C@H]12)c1csc(N)n1. The monoisotopic (exact) mass is 605 g/mol. The van der Waals surface area contributed by atoms with Gasteiger partial charge < -0.3 is 21.0 Å². The van der Waals surface area contributed by atoms with Gasteiger partial charge in [0.1, 0.15) is 34.8 Å². The summed E-state index contributed by atoms with van der Waals surface area (Å²) in [6.07, 6.45) is 3.18. The van der Waals surface area contributed by atoms with E-state index in [4.69, 9.17) is 10.6 Å². The number of thioether (sulfide) groups is 1. The first-order valence-corrected chi connectivity index (χ1v) is 14.8. The molecule has 40 heavy (non-hydrogen) atoms. The van der Waals surface area contributed by atoms with Gasteiger partial charge >= 0.3 is 5.97 Å². The highest BCUT2D eigenvalue weighted by Crippen LogP contribution is 2.40. The average molecular weight is 606 g/mol. The number of carbonyl (C=O) groups excluding carboxylic acids is 2. The Morgan fingerprint density at radius 2 is 2.12 bits per heavy atom. The fraction of sp³-hybridized carbons (Fsp3) is 0.217. The molecule has 1 fully saturated rings. The summed E-state index contributed by atoms with van der Waals surface area (Å²) in [4.78, 5) is 47.9. The molecular weight excluding hydrogens is 584 g/mol. The van der Waals surface area contributed by atoms with E-state index in [2.05, 4.69) is 15.5 Å². The van der Waals surface area contributed by atoms with E-state index in [0.29, 0.717) is 16.3 Å². The number of nitrogens with one attached hydrogen (secondary N) is 1. The Kier molecular flexibility index (Phi) is 7.21. The molecule has 0 unspecified atom stereocenters. The minimum atomic E-state index is -4.44. The molecule has 14 nitrogen and oxygen atoms in total.